The average Bonchev–Trinajstić information content (AvgIpc) is 2.69. The third-order valence-corrected chi connectivity index (χ3v) is 5.70. The van der Waals surface area contributed by atoms with Gasteiger partial charge in [-0.05, 0) is 12.8 Å². The fourth-order valence-electron chi connectivity index (χ4n) is 2.71. The molecule has 0 aliphatic carbocycles. The van der Waals surface area contributed by atoms with Crippen LogP contribution in [0.1, 0.15) is 54.4 Å². The molecule has 2 atom stereocenters. The van der Waals surface area contributed by atoms with Gasteiger partial charge in [-0.25, -0.2) is 17.6 Å². The van der Waals surface area contributed by atoms with Crippen molar-refractivity contribution in [2.24, 2.45) is 10.8 Å². The molecule has 1 heterocycles. The Balaban J connectivity index is 3.79. The van der Waals surface area contributed by atoms with Gasteiger partial charge in [-0.15, -0.1) is 0 Å². The number of halogens is 8. The molecule has 0 aromatic carbocycles. The molecule has 0 bridgehead atoms. The van der Waals surface area contributed by atoms with E-state index in [1.165, 1.54) is 6.92 Å². The van der Waals surface area contributed by atoms with Gasteiger partial charge in [-0.2, -0.15) is 17.6 Å². The van der Waals surface area contributed by atoms with Crippen LogP contribution in [-0.2, 0) is 4.74 Å². The third kappa shape index (κ3) is 2.43. The molecule has 0 aromatic heterocycles. The maximum absolute atomic E-state index is 15.3. The molecule has 1 nitrogen and oxygen atoms in total. The van der Waals surface area contributed by atoms with Crippen LogP contribution in [-0.4, -0.2) is 35.9 Å². The lowest BCUT2D eigenvalue weighted by Crippen LogP contribution is -2.75. The maximum atomic E-state index is 15.3. The molecule has 1 aliphatic rings. The van der Waals surface area contributed by atoms with Crippen molar-refractivity contribution in [3.05, 3.63) is 0 Å². The smallest absolute Gasteiger partial charge is 0.320 e. The monoisotopic (exact) mass is 384 g/mol. The predicted molar refractivity (Wildman–Crippen MR) is 76.6 cm³/mol. The third-order valence-electron chi connectivity index (χ3n) is 5.70. The highest BCUT2D eigenvalue weighted by Crippen LogP contribution is 2.68. The second kappa shape index (κ2) is 5.70. The number of ether oxygens (including phenoxy) is 1. The number of alkyl halides is 8. The largest absolute Gasteiger partial charge is 0.332 e. The summed E-state index contributed by atoms with van der Waals surface area (Å²) in [7, 11) is 0. The lowest BCUT2D eigenvalue weighted by atomic mass is 9.66. The van der Waals surface area contributed by atoms with E-state index in [2.05, 4.69) is 4.74 Å². The van der Waals surface area contributed by atoms with Gasteiger partial charge in [0.25, 0.3) is 5.92 Å². The van der Waals surface area contributed by atoms with Crippen molar-refractivity contribution < 1.29 is 39.9 Å². The topological polar surface area (TPSA) is 9.23 Å². The SMILES string of the molecule is CCC(C)(C)C(F)(F)C1(F)OCC(F)(F)C1(F)C(F)(F)C(C)(C)CC. The molecule has 1 fully saturated rings. The number of hydrogen-bond acceptors (Lipinski definition) is 1. The van der Waals surface area contributed by atoms with Gasteiger partial charge in [0.1, 0.15) is 6.61 Å². The fraction of sp³-hybridized carbons (Fsp3) is 1.00. The zero-order valence-electron chi connectivity index (χ0n) is 15.1. The second-order valence-corrected chi connectivity index (χ2v) is 7.87. The van der Waals surface area contributed by atoms with E-state index in [1.807, 2.05) is 0 Å². The molecule has 2 unspecified atom stereocenters. The average molecular weight is 384 g/mol. The van der Waals surface area contributed by atoms with Crippen LogP contribution in [0.2, 0.25) is 0 Å². The standard InChI is InChI=1S/C16H24F8O/c1-7-10(3,4)14(20,21)13(19)12(17,18)9-25-16(13,24)15(22,23)11(5,6)8-2/h7-9H2,1-6H3. The van der Waals surface area contributed by atoms with Gasteiger partial charge < -0.3 is 4.74 Å². The summed E-state index contributed by atoms with van der Waals surface area (Å²) in [5.41, 5.74) is -10.5. The molecule has 1 aliphatic heterocycles. The van der Waals surface area contributed by atoms with E-state index < -0.39 is 59.6 Å². The van der Waals surface area contributed by atoms with Crippen LogP contribution in [0.25, 0.3) is 0 Å². The van der Waals surface area contributed by atoms with Gasteiger partial charge >= 0.3 is 23.4 Å². The van der Waals surface area contributed by atoms with Crippen molar-refractivity contribution >= 4 is 0 Å². The van der Waals surface area contributed by atoms with Gasteiger partial charge in [0.2, 0.25) is 0 Å². The van der Waals surface area contributed by atoms with Crippen LogP contribution in [0.3, 0.4) is 0 Å². The lowest BCUT2D eigenvalue weighted by molar-refractivity contribution is -0.389. The van der Waals surface area contributed by atoms with E-state index in [1.54, 1.807) is 0 Å². The molecule has 0 aromatic rings. The van der Waals surface area contributed by atoms with Gasteiger partial charge in [0.15, 0.2) is 0 Å². The summed E-state index contributed by atoms with van der Waals surface area (Å²) in [6.07, 6.45) is -1.04. The van der Waals surface area contributed by atoms with Crippen LogP contribution in [0.5, 0.6) is 0 Å². The summed E-state index contributed by atoms with van der Waals surface area (Å²) in [4.78, 5) is 0. The molecule has 25 heavy (non-hydrogen) atoms. The maximum Gasteiger partial charge on any atom is 0.320 e. The molecule has 0 N–H and O–H groups in total. The minimum Gasteiger partial charge on any atom is -0.332 e. The van der Waals surface area contributed by atoms with Crippen molar-refractivity contribution in [1.29, 1.82) is 0 Å². The van der Waals surface area contributed by atoms with Crippen LogP contribution in [0.4, 0.5) is 35.1 Å². The zero-order valence-corrected chi connectivity index (χ0v) is 15.1. The van der Waals surface area contributed by atoms with Gasteiger partial charge in [-0.3, -0.25) is 0 Å². The molecular weight excluding hydrogens is 360 g/mol. The molecule has 1 rings (SSSR count). The molecule has 0 saturated carbocycles. The van der Waals surface area contributed by atoms with E-state index in [9.17, 15) is 26.3 Å². The second-order valence-electron chi connectivity index (χ2n) is 7.87. The van der Waals surface area contributed by atoms with E-state index in [4.69, 9.17) is 0 Å². The summed E-state index contributed by atoms with van der Waals surface area (Å²) in [5, 5.41) is 0. The summed E-state index contributed by atoms with van der Waals surface area (Å²) in [6.45, 7) is 3.09. The summed E-state index contributed by atoms with van der Waals surface area (Å²) in [5.74, 6) is -20.4. The zero-order chi connectivity index (χ0) is 20.3. The molecule has 150 valence electrons. The van der Waals surface area contributed by atoms with Crippen molar-refractivity contribution in [2.75, 3.05) is 6.61 Å². The highest BCUT2D eigenvalue weighted by molar-refractivity contribution is 5.24. The van der Waals surface area contributed by atoms with Crippen molar-refractivity contribution in [3.63, 3.8) is 0 Å². The van der Waals surface area contributed by atoms with Crippen molar-refractivity contribution in [3.8, 4) is 0 Å². The van der Waals surface area contributed by atoms with Crippen molar-refractivity contribution in [2.45, 2.75) is 83.7 Å². The summed E-state index contributed by atoms with van der Waals surface area (Å²) in [6, 6.07) is 0. The first-order chi connectivity index (χ1) is 10.8. The van der Waals surface area contributed by atoms with E-state index in [0.717, 1.165) is 20.8 Å². The Labute approximate surface area is 142 Å². The Bertz CT molecular complexity index is 516. The Morgan fingerprint density at radius 2 is 1.12 bits per heavy atom. The molecule has 0 spiro atoms. The van der Waals surface area contributed by atoms with Gasteiger partial charge in [0.05, 0.1) is 0 Å². The first-order valence-electron chi connectivity index (χ1n) is 7.98. The van der Waals surface area contributed by atoms with Gasteiger partial charge in [-0.1, -0.05) is 41.5 Å². The molecular formula is C16H24F8O. The summed E-state index contributed by atoms with van der Waals surface area (Å²) < 4.78 is 122. The Hall–Kier alpha value is -0.600. The van der Waals surface area contributed by atoms with Gasteiger partial charge in [0, 0.05) is 10.8 Å². The van der Waals surface area contributed by atoms with Crippen LogP contribution in [0.15, 0.2) is 0 Å². The van der Waals surface area contributed by atoms with Crippen molar-refractivity contribution in [1.82, 2.24) is 0 Å². The predicted octanol–water partition coefficient (Wildman–Crippen LogP) is 6.17. The van der Waals surface area contributed by atoms with Crippen LogP contribution in [0, 0.1) is 10.8 Å². The normalized spacial score (nSPS) is 31.4. The Morgan fingerprint density at radius 3 is 1.48 bits per heavy atom. The number of rotatable bonds is 6. The summed E-state index contributed by atoms with van der Waals surface area (Å²) >= 11 is 0. The van der Waals surface area contributed by atoms with Crippen LogP contribution < -0.4 is 0 Å². The first-order valence-corrected chi connectivity index (χ1v) is 7.98. The highest BCUT2D eigenvalue weighted by atomic mass is 19.3. The fourth-order valence-corrected chi connectivity index (χ4v) is 2.71. The number of hydrogen-bond donors (Lipinski definition) is 0. The molecule has 0 amide bonds. The quantitative estimate of drug-likeness (QED) is 0.498. The Morgan fingerprint density at radius 1 is 0.760 bits per heavy atom. The van der Waals surface area contributed by atoms with E-state index in [-0.39, 0.29) is 0 Å². The lowest BCUT2D eigenvalue weighted by Gasteiger charge is -2.50. The van der Waals surface area contributed by atoms with E-state index in [0.29, 0.717) is 13.8 Å². The minimum atomic E-state index is -5.54. The molecule has 1 saturated heterocycles. The molecule has 9 heteroatoms. The van der Waals surface area contributed by atoms with E-state index >= 15 is 8.78 Å². The molecule has 0 radical (unpaired) electrons. The minimum absolute atomic E-state index is 0.487. The highest BCUT2D eigenvalue weighted by Gasteiger charge is 2.93. The van der Waals surface area contributed by atoms with Crippen LogP contribution >= 0.6 is 0 Å². The Kier molecular flexibility index (Phi) is 5.11. The first kappa shape index (κ1) is 22.4.